The number of hydrogen-bond acceptors (Lipinski definition) is 0. The van der Waals surface area contributed by atoms with Gasteiger partial charge in [0, 0.05) is 13.8 Å². The summed E-state index contributed by atoms with van der Waals surface area (Å²) in [6.45, 7) is 11.0. The molecule has 0 aromatic carbocycles. The second-order valence-electron chi connectivity index (χ2n) is 2.76. The van der Waals surface area contributed by atoms with E-state index in [-0.39, 0.29) is 0 Å². The molecule has 0 saturated carbocycles. The van der Waals surface area contributed by atoms with Crippen LogP contribution in [0.5, 0.6) is 0 Å². The van der Waals surface area contributed by atoms with Crippen LogP contribution in [-0.2, 0) is 0 Å². The van der Waals surface area contributed by atoms with Crippen molar-refractivity contribution in [3.63, 3.8) is 0 Å². The number of rotatable bonds is 2. The van der Waals surface area contributed by atoms with E-state index in [0.717, 1.165) is 6.54 Å². The van der Waals surface area contributed by atoms with Crippen LogP contribution >= 0.6 is 0 Å². The van der Waals surface area contributed by atoms with Crippen LogP contribution in [-0.4, -0.2) is 23.9 Å². The molecule has 1 nitrogen and oxygen atoms in total. The standard InChI is InChI=1S/C8H16N/c1-7(2)6-9(5)8(3)4/h1,6H2,2-5H3/q+1. The predicted octanol–water partition coefficient (Wildman–Crippen LogP) is 1.69. The molecule has 0 N–H and O–H groups in total. The van der Waals surface area contributed by atoms with Crippen LogP contribution in [0.3, 0.4) is 0 Å². The van der Waals surface area contributed by atoms with Crippen LogP contribution in [0, 0.1) is 0 Å². The van der Waals surface area contributed by atoms with E-state index >= 15 is 0 Å². The lowest BCUT2D eigenvalue weighted by atomic mass is 10.3. The molecule has 0 heterocycles. The molecule has 0 rings (SSSR count). The first-order valence-corrected chi connectivity index (χ1v) is 3.19. The fourth-order valence-electron chi connectivity index (χ4n) is 0.563. The first-order chi connectivity index (χ1) is 4.04. The lowest BCUT2D eigenvalue weighted by Gasteiger charge is -1.96. The van der Waals surface area contributed by atoms with Gasteiger partial charge in [0.25, 0.3) is 0 Å². The number of likely N-dealkylation sites (N-methyl/N-ethyl adjacent to an activating group) is 1. The zero-order valence-electron chi connectivity index (χ0n) is 6.86. The molecule has 0 aliphatic heterocycles. The second-order valence-corrected chi connectivity index (χ2v) is 2.76. The molecule has 0 unspecified atom stereocenters. The maximum Gasteiger partial charge on any atom is 0.163 e. The minimum Gasteiger partial charge on any atom is -0.236 e. The zero-order valence-corrected chi connectivity index (χ0v) is 6.86. The molecule has 0 bridgehead atoms. The van der Waals surface area contributed by atoms with Crippen molar-refractivity contribution in [3.8, 4) is 0 Å². The highest BCUT2D eigenvalue weighted by Gasteiger charge is 1.97. The van der Waals surface area contributed by atoms with Crippen molar-refractivity contribution in [1.29, 1.82) is 0 Å². The Morgan fingerprint density at radius 2 is 1.78 bits per heavy atom. The molecule has 1 heteroatoms. The summed E-state index contributed by atoms with van der Waals surface area (Å²) in [6, 6.07) is 0. The van der Waals surface area contributed by atoms with Crippen LogP contribution in [0.4, 0.5) is 0 Å². The summed E-state index contributed by atoms with van der Waals surface area (Å²) in [5.41, 5.74) is 2.54. The van der Waals surface area contributed by atoms with Gasteiger partial charge in [-0.15, -0.1) is 0 Å². The quantitative estimate of drug-likeness (QED) is 0.301. The molecule has 9 heavy (non-hydrogen) atoms. The van der Waals surface area contributed by atoms with Gasteiger partial charge in [-0.05, 0) is 12.5 Å². The van der Waals surface area contributed by atoms with E-state index in [1.807, 2.05) is 6.92 Å². The fourth-order valence-corrected chi connectivity index (χ4v) is 0.563. The Kier molecular flexibility index (Phi) is 3.21. The molecule has 0 spiro atoms. The summed E-state index contributed by atoms with van der Waals surface area (Å²) in [4.78, 5) is 0. The van der Waals surface area contributed by atoms with E-state index in [1.165, 1.54) is 11.3 Å². The van der Waals surface area contributed by atoms with E-state index in [1.54, 1.807) is 0 Å². The van der Waals surface area contributed by atoms with Crippen LogP contribution in [0.15, 0.2) is 12.2 Å². The highest BCUT2D eigenvalue weighted by molar-refractivity contribution is 5.73. The molecule has 0 fully saturated rings. The number of hydrogen-bond donors (Lipinski definition) is 0. The Hall–Kier alpha value is -0.590. The lowest BCUT2D eigenvalue weighted by molar-refractivity contribution is -0.489. The van der Waals surface area contributed by atoms with Crippen LogP contribution < -0.4 is 0 Å². The van der Waals surface area contributed by atoms with Gasteiger partial charge < -0.3 is 0 Å². The van der Waals surface area contributed by atoms with Crippen molar-refractivity contribution >= 4 is 5.71 Å². The molecule has 0 aliphatic carbocycles. The van der Waals surface area contributed by atoms with E-state index in [4.69, 9.17) is 0 Å². The maximum absolute atomic E-state index is 3.82. The maximum atomic E-state index is 3.82. The molecule has 0 saturated heterocycles. The summed E-state index contributed by atoms with van der Waals surface area (Å²) in [5.74, 6) is 0. The minimum atomic E-state index is 0.975. The third kappa shape index (κ3) is 3.95. The number of nitrogens with zero attached hydrogens (tertiary/aromatic N) is 1. The van der Waals surface area contributed by atoms with Gasteiger partial charge in [0.2, 0.25) is 0 Å². The summed E-state index contributed by atoms with van der Waals surface area (Å²) >= 11 is 0. The first-order valence-electron chi connectivity index (χ1n) is 3.19. The molecular weight excluding hydrogens is 110 g/mol. The summed E-state index contributed by atoms with van der Waals surface area (Å²) < 4.78 is 2.18. The SMILES string of the molecule is C=C(C)C[N+](C)=C(C)C. The summed E-state index contributed by atoms with van der Waals surface area (Å²) in [5, 5.41) is 0. The fraction of sp³-hybridized carbons (Fsp3) is 0.625. The van der Waals surface area contributed by atoms with Crippen molar-refractivity contribution in [2.75, 3.05) is 13.6 Å². The Bertz CT molecular complexity index is 139. The highest BCUT2D eigenvalue weighted by Crippen LogP contribution is 1.86. The molecule has 0 aliphatic rings. The molecule has 0 amide bonds. The Morgan fingerprint density at radius 1 is 1.33 bits per heavy atom. The second kappa shape index (κ2) is 3.44. The van der Waals surface area contributed by atoms with Crippen LogP contribution in [0.1, 0.15) is 20.8 Å². The van der Waals surface area contributed by atoms with E-state index in [0.29, 0.717) is 0 Å². The van der Waals surface area contributed by atoms with Gasteiger partial charge in [0.15, 0.2) is 6.54 Å². The molecule has 0 radical (unpaired) electrons. The van der Waals surface area contributed by atoms with Crippen molar-refractivity contribution < 1.29 is 4.58 Å². The molecule has 52 valence electrons. The van der Waals surface area contributed by atoms with Gasteiger partial charge in [-0.3, -0.25) is 0 Å². The molecular formula is C8H16N+. The van der Waals surface area contributed by atoms with Crippen LogP contribution in [0.2, 0.25) is 0 Å². The third-order valence-corrected chi connectivity index (χ3v) is 1.27. The van der Waals surface area contributed by atoms with Crippen molar-refractivity contribution in [2.45, 2.75) is 20.8 Å². The highest BCUT2D eigenvalue weighted by atomic mass is 15.0. The predicted molar refractivity (Wildman–Crippen MR) is 42.2 cm³/mol. The first kappa shape index (κ1) is 8.41. The Labute approximate surface area is 57.7 Å². The van der Waals surface area contributed by atoms with E-state index < -0.39 is 0 Å². The van der Waals surface area contributed by atoms with Crippen molar-refractivity contribution in [2.24, 2.45) is 0 Å². The van der Waals surface area contributed by atoms with Gasteiger partial charge in [0.05, 0.1) is 0 Å². The van der Waals surface area contributed by atoms with Crippen molar-refractivity contribution in [1.82, 2.24) is 0 Å². The smallest absolute Gasteiger partial charge is 0.163 e. The summed E-state index contributed by atoms with van der Waals surface area (Å²) in [6.07, 6.45) is 0. The van der Waals surface area contributed by atoms with E-state index in [2.05, 4.69) is 32.0 Å². The average molecular weight is 126 g/mol. The Balaban J connectivity index is 3.92. The molecule has 0 aromatic rings. The monoisotopic (exact) mass is 126 g/mol. The minimum absolute atomic E-state index is 0.975. The average Bonchev–Trinajstić information content (AvgIpc) is 1.63. The Morgan fingerprint density at radius 3 is 1.89 bits per heavy atom. The van der Waals surface area contributed by atoms with Crippen LogP contribution in [0.25, 0.3) is 0 Å². The van der Waals surface area contributed by atoms with Gasteiger partial charge >= 0.3 is 0 Å². The van der Waals surface area contributed by atoms with Gasteiger partial charge in [-0.1, -0.05) is 6.58 Å². The third-order valence-electron chi connectivity index (χ3n) is 1.27. The van der Waals surface area contributed by atoms with Gasteiger partial charge in [0.1, 0.15) is 12.8 Å². The van der Waals surface area contributed by atoms with Gasteiger partial charge in [-0.2, -0.15) is 0 Å². The van der Waals surface area contributed by atoms with Gasteiger partial charge in [-0.25, -0.2) is 4.58 Å². The van der Waals surface area contributed by atoms with Crippen molar-refractivity contribution in [3.05, 3.63) is 12.2 Å². The molecule has 0 aromatic heterocycles. The summed E-state index contributed by atoms with van der Waals surface area (Å²) in [7, 11) is 2.07. The lowest BCUT2D eigenvalue weighted by Crippen LogP contribution is -2.13. The zero-order chi connectivity index (χ0) is 7.44. The molecule has 0 atom stereocenters. The topological polar surface area (TPSA) is 3.01 Å². The van der Waals surface area contributed by atoms with E-state index in [9.17, 15) is 0 Å². The normalized spacial score (nSPS) is 8.89. The largest absolute Gasteiger partial charge is 0.236 e.